The molecule has 2 rings (SSSR count). The fraction of sp³-hybridized carbons (Fsp3) is 0.471. The summed E-state index contributed by atoms with van der Waals surface area (Å²) in [5, 5.41) is 27.6. The fourth-order valence-corrected chi connectivity index (χ4v) is 2.63. The number of anilines is 1. The van der Waals surface area contributed by atoms with E-state index in [4.69, 9.17) is 0 Å². The van der Waals surface area contributed by atoms with E-state index in [-0.39, 0.29) is 19.1 Å². The van der Waals surface area contributed by atoms with E-state index in [0.717, 1.165) is 0 Å². The van der Waals surface area contributed by atoms with Crippen molar-refractivity contribution in [3.63, 3.8) is 0 Å². The first-order valence-electron chi connectivity index (χ1n) is 8.21. The number of β-amino-alcohol motifs (C(OH)–C–C–N with tert-alkyl or cyclic N) is 1. The van der Waals surface area contributed by atoms with Crippen molar-refractivity contribution in [3.8, 4) is 0 Å². The van der Waals surface area contributed by atoms with Crippen LogP contribution in [0, 0.1) is 0 Å². The van der Waals surface area contributed by atoms with E-state index >= 15 is 0 Å². The van der Waals surface area contributed by atoms with Crippen LogP contribution in [0.1, 0.15) is 24.2 Å². The fourth-order valence-electron chi connectivity index (χ4n) is 2.63. The molecule has 4 amide bonds. The number of hydrogen-bond acceptors (Lipinski definition) is 5. The number of hydrogen-bond donors (Lipinski definition) is 5. The molecule has 5 N–H and O–H groups in total. The highest BCUT2D eigenvalue weighted by Crippen LogP contribution is 2.17. The molecule has 0 saturated carbocycles. The zero-order valence-corrected chi connectivity index (χ0v) is 14.9. The molecule has 1 aromatic rings. The predicted molar refractivity (Wildman–Crippen MR) is 94.7 cm³/mol. The third-order valence-corrected chi connectivity index (χ3v) is 4.05. The summed E-state index contributed by atoms with van der Waals surface area (Å²) in [6.07, 6.45) is -0.917. The van der Waals surface area contributed by atoms with Gasteiger partial charge in [0, 0.05) is 31.4 Å². The van der Waals surface area contributed by atoms with Crippen LogP contribution in [0.3, 0.4) is 0 Å². The Labute approximate surface area is 151 Å². The van der Waals surface area contributed by atoms with Crippen LogP contribution in [0.4, 0.5) is 10.5 Å². The minimum atomic E-state index is -1.54. The van der Waals surface area contributed by atoms with Crippen LogP contribution in [0.5, 0.6) is 0 Å². The van der Waals surface area contributed by atoms with Gasteiger partial charge in [0.05, 0.1) is 12.1 Å². The summed E-state index contributed by atoms with van der Waals surface area (Å²) in [6.45, 7) is 2.92. The average molecular weight is 364 g/mol. The third kappa shape index (κ3) is 4.70. The lowest BCUT2D eigenvalue weighted by molar-refractivity contribution is -0.147. The topological polar surface area (TPSA) is 131 Å². The van der Waals surface area contributed by atoms with Crippen molar-refractivity contribution in [1.29, 1.82) is 0 Å². The van der Waals surface area contributed by atoms with Gasteiger partial charge in [0.1, 0.15) is 5.60 Å². The lowest BCUT2D eigenvalue weighted by Gasteiger charge is -2.24. The molecule has 1 aromatic carbocycles. The number of carbonyl (C=O) groups is 3. The van der Waals surface area contributed by atoms with Gasteiger partial charge in [-0.3, -0.25) is 9.59 Å². The van der Waals surface area contributed by atoms with Gasteiger partial charge in [-0.1, -0.05) is 0 Å². The number of aliphatic hydroxyl groups excluding tert-OH is 1. The molecule has 0 radical (unpaired) electrons. The minimum Gasteiger partial charge on any atom is -0.389 e. The number of nitrogens with one attached hydrogen (secondary N) is 3. The quantitative estimate of drug-likeness (QED) is 0.492. The molecule has 1 aliphatic rings. The van der Waals surface area contributed by atoms with Crippen LogP contribution in [-0.4, -0.2) is 70.8 Å². The molecular formula is C17H24N4O5. The molecule has 1 saturated heterocycles. The van der Waals surface area contributed by atoms with E-state index in [1.165, 1.54) is 25.8 Å². The molecule has 0 aliphatic carbocycles. The largest absolute Gasteiger partial charge is 0.389 e. The summed E-state index contributed by atoms with van der Waals surface area (Å²) in [5.41, 5.74) is -0.651. The van der Waals surface area contributed by atoms with E-state index in [2.05, 4.69) is 16.0 Å². The molecule has 0 unspecified atom stereocenters. The lowest BCUT2D eigenvalue weighted by atomic mass is 10.1. The van der Waals surface area contributed by atoms with Crippen molar-refractivity contribution in [2.45, 2.75) is 31.6 Å². The van der Waals surface area contributed by atoms with Crippen molar-refractivity contribution in [3.05, 3.63) is 29.8 Å². The first-order valence-corrected chi connectivity index (χ1v) is 8.21. The molecule has 142 valence electrons. The van der Waals surface area contributed by atoms with E-state index in [9.17, 15) is 24.6 Å². The van der Waals surface area contributed by atoms with Gasteiger partial charge >= 0.3 is 6.03 Å². The van der Waals surface area contributed by atoms with Crippen LogP contribution < -0.4 is 16.0 Å². The maximum Gasteiger partial charge on any atom is 0.318 e. The number of carbonyl (C=O) groups excluding carboxylic acids is 3. The Morgan fingerprint density at radius 1 is 1.15 bits per heavy atom. The molecule has 2 atom stereocenters. The van der Waals surface area contributed by atoms with Crippen molar-refractivity contribution in [2.75, 3.05) is 25.5 Å². The second-order valence-electron chi connectivity index (χ2n) is 6.70. The van der Waals surface area contributed by atoms with Gasteiger partial charge < -0.3 is 31.1 Å². The maximum absolute atomic E-state index is 12.3. The number of likely N-dealkylation sites (tertiary alicyclic amines) is 1. The Morgan fingerprint density at radius 3 is 2.31 bits per heavy atom. The van der Waals surface area contributed by atoms with E-state index < -0.39 is 29.6 Å². The number of urea groups is 1. The maximum atomic E-state index is 12.3. The second kappa shape index (κ2) is 7.71. The Kier molecular flexibility index (Phi) is 5.83. The van der Waals surface area contributed by atoms with E-state index in [1.807, 2.05) is 0 Å². The van der Waals surface area contributed by atoms with Crippen LogP contribution in [0.2, 0.25) is 0 Å². The molecule has 1 heterocycles. The smallest absolute Gasteiger partial charge is 0.318 e. The Morgan fingerprint density at radius 2 is 1.77 bits per heavy atom. The lowest BCUT2D eigenvalue weighted by Crippen LogP contribution is -2.46. The number of amides is 4. The molecule has 26 heavy (non-hydrogen) atoms. The number of nitrogens with zero attached hydrogens (tertiary/aromatic N) is 1. The standard InChI is InChI=1S/C17H24N4O5/c1-17(2,26)15(24)21-8-12(13(22)9-21)20-14(23)10-4-6-11(7-5-10)19-16(25)18-3/h4-7,12-13,22,26H,8-9H2,1-3H3,(H,20,23)(H2,18,19,25)/t12-,13-/m1/s1. The van der Waals surface area contributed by atoms with Gasteiger partial charge in [-0.25, -0.2) is 4.79 Å². The van der Waals surface area contributed by atoms with Gasteiger partial charge in [0.15, 0.2) is 0 Å². The molecule has 0 aromatic heterocycles. The van der Waals surface area contributed by atoms with Gasteiger partial charge in [-0.05, 0) is 38.1 Å². The summed E-state index contributed by atoms with van der Waals surface area (Å²) in [6, 6.07) is 5.26. The van der Waals surface area contributed by atoms with Crippen molar-refractivity contribution in [2.24, 2.45) is 0 Å². The van der Waals surface area contributed by atoms with E-state index in [0.29, 0.717) is 11.3 Å². The molecule has 1 aliphatic heterocycles. The number of benzene rings is 1. The van der Waals surface area contributed by atoms with Crippen molar-refractivity contribution < 1.29 is 24.6 Å². The van der Waals surface area contributed by atoms with Crippen molar-refractivity contribution >= 4 is 23.5 Å². The summed E-state index contributed by atoms with van der Waals surface area (Å²) >= 11 is 0. The highest BCUT2D eigenvalue weighted by molar-refractivity contribution is 5.96. The highest BCUT2D eigenvalue weighted by Gasteiger charge is 2.39. The molecule has 9 heteroatoms. The molecular weight excluding hydrogens is 340 g/mol. The normalized spacial score (nSPS) is 19.8. The van der Waals surface area contributed by atoms with Crippen molar-refractivity contribution in [1.82, 2.24) is 15.5 Å². The van der Waals surface area contributed by atoms with Gasteiger partial charge in [-0.15, -0.1) is 0 Å². The third-order valence-electron chi connectivity index (χ3n) is 4.05. The predicted octanol–water partition coefficient (Wildman–Crippen LogP) is -0.490. The monoisotopic (exact) mass is 364 g/mol. The summed E-state index contributed by atoms with van der Waals surface area (Å²) in [5.74, 6) is -0.906. The highest BCUT2D eigenvalue weighted by atomic mass is 16.3. The Balaban J connectivity index is 1.97. The molecule has 0 bridgehead atoms. The molecule has 9 nitrogen and oxygen atoms in total. The number of rotatable bonds is 4. The Hall–Kier alpha value is -2.65. The summed E-state index contributed by atoms with van der Waals surface area (Å²) < 4.78 is 0. The van der Waals surface area contributed by atoms with Gasteiger partial charge in [0.25, 0.3) is 11.8 Å². The van der Waals surface area contributed by atoms with Crippen LogP contribution >= 0.6 is 0 Å². The first kappa shape index (κ1) is 19.7. The first-order chi connectivity index (χ1) is 12.1. The van der Waals surface area contributed by atoms with Crippen LogP contribution in [-0.2, 0) is 4.79 Å². The zero-order chi connectivity index (χ0) is 19.5. The minimum absolute atomic E-state index is 0.0444. The summed E-state index contributed by atoms with van der Waals surface area (Å²) in [4.78, 5) is 37.0. The zero-order valence-electron chi connectivity index (χ0n) is 14.9. The summed E-state index contributed by atoms with van der Waals surface area (Å²) in [7, 11) is 1.50. The van der Waals surface area contributed by atoms with Crippen LogP contribution in [0.25, 0.3) is 0 Å². The average Bonchev–Trinajstić information content (AvgIpc) is 2.94. The van der Waals surface area contributed by atoms with Crippen LogP contribution in [0.15, 0.2) is 24.3 Å². The molecule has 0 spiro atoms. The Bertz CT molecular complexity index is 683. The number of aliphatic hydroxyl groups is 2. The second-order valence-corrected chi connectivity index (χ2v) is 6.70. The van der Waals surface area contributed by atoms with Gasteiger partial charge in [0.2, 0.25) is 0 Å². The molecule has 1 fully saturated rings. The SMILES string of the molecule is CNC(=O)Nc1ccc(C(=O)N[C@@H]2CN(C(=O)C(C)(C)O)C[C@H]2O)cc1. The van der Waals surface area contributed by atoms with E-state index in [1.54, 1.807) is 24.3 Å². The van der Waals surface area contributed by atoms with Gasteiger partial charge in [-0.2, -0.15) is 0 Å².